The molecule has 10 heteroatoms. The Morgan fingerprint density at radius 3 is 2.32 bits per heavy atom. The van der Waals surface area contributed by atoms with E-state index in [0.29, 0.717) is 19.5 Å². The molecule has 0 saturated carbocycles. The van der Waals surface area contributed by atoms with Crippen molar-refractivity contribution in [3.8, 4) is 0 Å². The third-order valence-electron chi connectivity index (χ3n) is 2.49. The van der Waals surface area contributed by atoms with Crippen molar-refractivity contribution in [2.24, 2.45) is 17.2 Å². The Balaban J connectivity index is 4.20. The van der Waals surface area contributed by atoms with Crippen molar-refractivity contribution in [2.75, 3.05) is 45.9 Å². The molecule has 22 heavy (non-hydrogen) atoms. The fourth-order valence-electron chi connectivity index (χ4n) is 1.49. The summed E-state index contributed by atoms with van der Waals surface area (Å²) in [6, 6.07) is 0. The van der Waals surface area contributed by atoms with Crippen molar-refractivity contribution in [1.29, 1.82) is 0 Å². The molecule has 0 aromatic carbocycles. The molecule has 10 nitrogen and oxygen atoms in total. The monoisotopic (exact) mass is 319 g/mol. The lowest BCUT2D eigenvalue weighted by Crippen LogP contribution is -2.42. The van der Waals surface area contributed by atoms with Crippen molar-refractivity contribution in [3.05, 3.63) is 0 Å². The highest BCUT2D eigenvalue weighted by Crippen LogP contribution is 1.98. The molecule has 0 aliphatic heterocycles. The Kier molecular flexibility index (Phi) is 11.5. The third kappa shape index (κ3) is 10.7. The zero-order valence-electron chi connectivity index (χ0n) is 12.6. The normalized spacial score (nSPS) is 9.91. The Labute approximate surface area is 129 Å². The molecule has 0 unspecified atom stereocenters. The molecule has 128 valence electrons. The minimum atomic E-state index is -0.914. The summed E-state index contributed by atoms with van der Waals surface area (Å²) in [6.07, 6.45) is -0.130. The first-order valence-corrected chi connectivity index (χ1v) is 7.02. The summed E-state index contributed by atoms with van der Waals surface area (Å²) in [5.41, 5.74) is 15.4. The van der Waals surface area contributed by atoms with E-state index in [1.54, 1.807) is 0 Å². The number of hydrogen-bond acceptors (Lipinski definition) is 7. The zero-order valence-corrected chi connectivity index (χ0v) is 12.6. The van der Waals surface area contributed by atoms with Crippen molar-refractivity contribution >= 4 is 18.1 Å². The average molecular weight is 319 g/mol. The fourth-order valence-corrected chi connectivity index (χ4v) is 1.49. The molecule has 0 aromatic heterocycles. The van der Waals surface area contributed by atoms with E-state index in [2.05, 4.69) is 10.1 Å². The number of primary amides is 1. The van der Waals surface area contributed by atoms with E-state index in [1.807, 2.05) is 0 Å². The standard InChI is InChI=1S/C12H25N5O5/c13-3-1-2-6-17(12(20)22-7-4-14)9-10(18)16-5-8-21-11(15)19/h1-9,13-14H2,(H2,15,19)(H,16,18). The van der Waals surface area contributed by atoms with Gasteiger partial charge in [-0.3, -0.25) is 9.69 Å². The van der Waals surface area contributed by atoms with Crippen LogP contribution in [0.3, 0.4) is 0 Å². The van der Waals surface area contributed by atoms with Gasteiger partial charge in [0.25, 0.3) is 0 Å². The van der Waals surface area contributed by atoms with Gasteiger partial charge in [0, 0.05) is 13.1 Å². The number of nitrogens with two attached hydrogens (primary N) is 3. The lowest BCUT2D eigenvalue weighted by atomic mass is 10.3. The van der Waals surface area contributed by atoms with Crippen LogP contribution in [-0.2, 0) is 14.3 Å². The summed E-state index contributed by atoms with van der Waals surface area (Å²) in [5, 5.41) is 2.50. The maximum atomic E-state index is 11.8. The summed E-state index contributed by atoms with van der Waals surface area (Å²) in [5.74, 6) is -0.398. The molecule has 0 aromatic rings. The van der Waals surface area contributed by atoms with Crippen LogP contribution >= 0.6 is 0 Å². The van der Waals surface area contributed by atoms with E-state index in [4.69, 9.17) is 21.9 Å². The van der Waals surface area contributed by atoms with Gasteiger partial charge in [0.1, 0.15) is 19.8 Å². The number of carbonyl (C=O) groups excluding carboxylic acids is 3. The largest absolute Gasteiger partial charge is 0.448 e. The number of nitrogens with one attached hydrogen (secondary N) is 1. The minimum absolute atomic E-state index is 0.0358. The highest BCUT2D eigenvalue weighted by molar-refractivity contribution is 5.82. The number of rotatable bonds is 11. The van der Waals surface area contributed by atoms with Crippen LogP contribution in [0.4, 0.5) is 9.59 Å². The minimum Gasteiger partial charge on any atom is -0.448 e. The lowest BCUT2D eigenvalue weighted by molar-refractivity contribution is -0.122. The second-order valence-electron chi connectivity index (χ2n) is 4.34. The molecule has 7 N–H and O–H groups in total. The number of ether oxygens (including phenoxy) is 2. The molecular formula is C12H25N5O5. The van der Waals surface area contributed by atoms with E-state index in [1.165, 1.54) is 4.90 Å². The van der Waals surface area contributed by atoms with Gasteiger partial charge in [0.2, 0.25) is 5.91 Å². The maximum absolute atomic E-state index is 11.8. The SMILES string of the molecule is NCCCCN(CC(=O)NCCOC(N)=O)C(=O)OCCN. The van der Waals surface area contributed by atoms with Gasteiger partial charge < -0.3 is 32.0 Å². The molecule has 0 bridgehead atoms. The topological polar surface area (TPSA) is 163 Å². The van der Waals surface area contributed by atoms with Gasteiger partial charge in [-0.1, -0.05) is 0 Å². The van der Waals surface area contributed by atoms with Crippen LogP contribution in [0.1, 0.15) is 12.8 Å². The van der Waals surface area contributed by atoms with Crippen LogP contribution in [0.2, 0.25) is 0 Å². The zero-order chi connectivity index (χ0) is 16.8. The van der Waals surface area contributed by atoms with Gasteiger partial charge >= 0.3 is 12.2 Å². The Bertz CT molecular complexity index is 353. The number of nitrogens with zero attached hydrogens (tertiary/aromatic N) is 1. The molecular weight excluding hydrogens is 294 g/mol. The van der Waals surface area contributed by atoms with Crippen LogP contribution in [0.5, 0.6) is 0 Å². The molecule has 0 fully saturated rings. The van der Waals surface area contributed by atoms with Crippen LogP contribution in [0.25, 0.3) is 0 Å². The summed E-state index contributed by atoms with van der Waals surface area (Å²) in [7, 11) is 0. The Morgan fingerprint density at radius 2 is 1.73 bits per heavy atom. The maximum Gasteiger partial charge on any atom is 0.410 e. The van der Waals surface area contributed by atoms with E-state index in [-0.39, 0.29) is 32.8 Å². The van der Waals surface area contributed by atoms with E-state index in [0.717, 1.165) is 6.42 Å². The first kappa shape index (κ1) is 19.9. The van der Waals surface area contributed by atoms with Gasteiger partial charge in [-0.25, -0.2) is 9.59 Å². The van der Waals surface area contributed by atoms with Crippen LogP contribution in [-0.4, -0.2) is 68.9 Å². The predicted octanol–water partition coefficient (Wildman–Crippen LogP) is -1.67. The molecule has 0 atom stereocenters. The second kappa shape index (κ2) is 12.7. The van der Waals surface area contributed by atoms with E-state index in [9.17, 15) is 14.4 Å². The summed E-state index contributed by atoms with van der Waals surface area (Å²) in [6.45, 7) is 1.06. The molecule has 0 spiro atoms. The molecule has 3 amide bonds. The summed E-state index contributed by atoms with van der Waals surface area (Å²) >= 11 is 0. The molecule has 0 aliphatic carbocycles. The van der Waals surface area contributed by atoms with Crippen molar-refractivity contribution in [2.45, 2.75) is 12.8 Å². The number of carbonyl (C=O) groups is 3. The van der Waals surface area contributed by atoms with Gasteiger partial charge in [-0.2, -0.15) is 0 Å². The van der Waals surface area contributed by atoms with E-state index >= 15 is 0 Å². The Morgan fingerprint density at radius 1 is 1.00 bits per heavy atom. The Hall–Kier alpha value is -2.07. The van der Waals surface area contributed by atoms with Gasteiger partial charge in [0.05, 0.1) is 6.54 Å². The molecule has 0 rings (SSSR count). The molecule has 0 heterocycles. The number of hydrogen-bond donors (Lipinski definition) is 4. The smallest absolute Gasteiger partial charge is 0.410 e. The van der Waals surface area contributed by atoms with Gasteiger partial charge in [-0.15, -0.1) is 0 Å². The quantitative estimate of drug-likeness (QED) is 0.331. The first-order valence-electron chi connectivity index (χ1n) is 7.02. The van der Waals surface area contributed by atoms with Crippen LogP contribution in [0.15, 0.2) is 0 Å². The van der Waals surface area contributed by atoms with Gasteiger partial charge in [0.15, 0.2) is 0 Å². The summed E-state index contributed by atoms with van der Waals surface area (Å²) in [4.78, 5) is 35.2. The molecule has 0 saturated heterocycles. The summed E-state index contributed by atoms with van der Waals surface area (Å²) < 4.78 is 9.38. The average Bonchev–Trinajstić information content (AvgIpc) is 2.48. The number of amides is 3. The first-order chi connectivity index (χ1) is 10.5. The molecule has 0 radical (unpaired) electrons. The molecule has 0 aliphatic rings. The van der Waals surface area contributed by atoms with Gasteiger partial charge in [-0.05, 0) is 19.4 Å². The third-order valence-corrected chi connectivity index (χ3v) is 2.49. The second-order valence-corrected chi connectivity index (χ2v) is 4.34. The highest BCUT2D eigenvalue weighted by atomic mass is 16.6. The van der Waals surface area contributed by atoms with Crippen molar-refractivity contribution in [3.63, 3.8) is 0 Å². The highest BCUT2D eigenvalue weighted by Gasteiger charge is 2.17. The van der Waals surface area contributed by atoms with E-state index < -0.39 is 18.1 Å². The van der Waals surface area contributed by atoms with Crippen molar-refractivity contribution < 1.29 is 23.9 Å². The van der Waals surface area contributed by atoms with Crippen molar-refractivity contribution in [1.82, 2.24) is 10.2 Å². The lowest BCUT2D eigenvalue weighted by Gasteiger charge is -2.21. The van der Waals surface area contributed by atoms with Crippen LogP contribution in [0, 0.1) is 0 Å². The predicted molar refractivity (Wildman–Crippen MR) is 78.8 cm³/mol. The number of unbranched alkanes of at least 4 members (excludes halogenated alkanes) is 1. The fraction of sp³-hybridized carbons (Fsp3) is 0.750. The van der Waals surface area contributed by atoms with Crippen LogP contribution < -0.4 is 22.5 Å².